The number of nitrogens with two attached hydrogens (primary N) is 1. The molecule has 0 aliphatic carbocycles. The minimum absolute atomic E-state index is 0.0372. The maximum atomic E-state index is 13.6. The molecular formula is C29H45N3O6. The van der Waals surface area contributed by atoms with Gasteiger partial charge in [-0.2, -0.15) is 0 Å². The van der Waals surface area contributed by atoms with Gasteiger partial charge in [0.15, 0.2) is 6.29 Å². The normalized spacial score (nSPS) is 23.9. The van der Waals surface area contributed by atoms with Crippen LogP contribution in [0, 0.1) is 11.3 Å². The van der Waals surface area contributed by atoms with Crippen LogP contribution in [0.25, 0.3) is 0 Å². The second kappa shape index (κ2) is 12.8. The highest BCUT2D eigenvalue weighted by Gasteiger charge is 2.50. The summed E-state index contributed by atoms with van der Waals surface area (Å²) in [5, 5.41) is 10.5. The van der Waals surface area contributed by atoms with Crippen molar-refractivity contribution in [1.29, 1.82) is 0 Å². The number of ether oxygens (including phenoxy) is 3. The fourth-order valence-electron chi connectivity index (χ4n) is 6.23. The SMILES string of the molecule is CCCCN(CCCN)C(=O)CN1C[C@H](c2ccc3c(c2)CCO3)[C@@H](C(=O)O)[C@@H]1CC(C)(C)C1OCCO1. The van der Waals surface area contributed by atoms with Gasteiger partial charge in [0.25, 0.3) is 0 Å². The quantitative estimate of drug-likeness (QED) is 0.399. The third-order valence-corrected chi connectivity index (χ3v) is 8.27. The van der Waals surface area contributed by atoms with Gasteiger partial charge in [-0.1, -0.05) is 39.3 Å². The first-order valence-electron chi connectivity index (χ1n) is 14.2. The molecule has 3 N–H and O–H groups in total. The highest BCUT2D eigenvalue weighted by molar-refractivity contribution is 5.79. The van der Waals surface area contributed by atoms with Crippen LogP contribution >= 0.6 is 0 Å². The van der Waals surface area contributed by atoms with Crippen molar-refractivity contribution in [2.45, 2.75) is 71.1 Å². The molecule has 1 amide bonds. The number of carbonyl (C=O) groups is 2. The Morgan fingerprint density at radius 1 is 1.16 bits per heavy atom. The number of fused-ring (bicyclic) bond motifs is 1. The number of benzene rings is 1. The number of carboxylic acid groups (broad SMARTS) is 1. The second-order valence-electron chi connectivity index (χ2n) is 11.6. The number of nitrogens with zero attached hydrogens (tertiary/aromatic N) is 2. The zero-order valence-electron chi connectivity index (χ0n) is 23.2. The van der Waals surface area contributed by atoms with Crippen molar-refractivity contribution in [1.82, 2.24) is 9.80 Å². The number of amides is 1. The summed E-state index contributed by atoms with van der Waals surface area (Å²) >= 11 is 0. The van der Waals surface area contributed by atoms with E-state index < -0.39 is 23.6 Å². The molecule has 9 nitrogen and oxygen atoms in total. The summed E-state index contributed by atoms with van der Waals surface area (Å²) in [6.45, 7) is 10.5. The second-order valence-corrected chi connectivity index (χ2v) is 11.6. The molecule has 212 valence electrons. The number of likely N-dealkylation sites (tertiary alicyclic amines) is 1. The molecule has 3 aliphatic heterocycles. The van der Waals surface area contributed by atoms with Gasteiger partial charge in [0, 0.05) is 43.4 Å². The Morgan fingerprint density at radius 2 is 1.89 bits per heavy atom. The summed E-state index contributed by atoms with van der Waals surface area (Å²) in [5.41, 5.74) is 7.45. The van der Waals surface area contributed by atoms with Crippen molar-refractivity contribution in [3.05, 3.63) is 29.3 Å². The van der Waals surface area contributed by atoms with Crippen LogP contribution in [-0.4, -0.2) is 91.7 Å². The molecule has 3 heterocycles. The molecule has 9 heteroatoms. The van der Waals surface area contributed by atoms with E-state index >= 15 is 0 Å². The van der Waals surface area contributed by atoms with Crippen LogP contribution in [0.1, 0.15) is 63.5 Å². The van der Waals surface area contributed by atoms with Crippen molar-refractivity contribution >= 4 is 11.9 Å². The van der Waals surface area contributed by atoms with Gasteiger partial charge in [0.1, 0.15) is 5.75 Å². The van der Waals surface area contributed by atoms with Gasteiger partial charge in [-0.15, -0.1) is 0 Å². The largest absolute Gasteiger partial charge is 0.493 e. The average molecular weight is 532 g/mol. The third-order valence-electron chi connectivity index (χ3n) is 8.27. The summed E-state index contributed by atoms with van der Waals surface area (Å²) in [4.78, 5) is 30.4. The highest BCUT2D eigenvalue weighted by atomic mass is 16.7. The smallest absolute Gasteiger partial charge is 0.308 e. The van der Waals surface area contributed by atoms with E-state index in [0.29, 0.717) is 52.4 Å². The molecule has 2 fully saturated rings. The van der Waals surface area contributed by atoms with Gasteiger partial charge >= 0.3 is 5.97 Å². The van der Waals surface area contributed by atoms with E-state index in [-0.39, 0.29) is 24.4 Å². The zero-order chi connectivity index (χ0) is 27.3. The number of hydrogen-bond acceptors (Lipinski definition) is 7. The molecule has 0 unspecified atom stereocenters. The Labute approximate surface area is 226 Å². The predicted octanol–water partition coefficient (Wildman–Crippen LogP) is 2.86. The van der Waals surface area contributed by atoms with E-state index in [0.717, 1.165) is 42.6 Å². The van der Waals surface area contributed by atoms with Crippen LogP contribution in [0.5, 0.6) is 5.75 Å². The zero-order valence-corrected chi connectivity index (χ0v) is 23.2. The van der Waals surface area contributed by atoms with Crippen molar-refractivity contribution in [2.75, 3.05) is 52.5 Å². The summed E-state index contributed by atoms with van der Waals surface area (Å²) in [5.74, 6) is -0.801. The lowest BCUT2D eigenvalue weighted by Gasteiger charge is -2.37. The summed E-state index contributed by atoms with van der Waals surface area (Å²) in [6, 6.07) is 5.73. The first kappa shape index (κ1) is 28.8. The van der Waals surface area contributed by atoms with E-state index in [4.69, 9.17) is 19.9 Å². The maximum absolute atomic E-state index is 13.6. The van der Waals surface area contributed by atoms with Crippen LogP contribution in [0.3, 0.4) is 0 Å². The lowest BCUT2D eigenvalue weighted by atomic mass is 9.77. The molecular weight excluding hydrogens is 486 g/mol. The molecule has 1 aromatic carbocycles. The van der Waals surface area contributed by atoms with Crippen LogP contribution in [0.15, 0.2) is 18.2 Å². The molecule has 3 aliphatic rings. The van der Waals surface area contributed by atoms with Gasteiger partial charge in [-0.3, -0.25) is 14.5 Å². The minimum atomic E-state index is -0.832. The van der Waals surface area contributed by atoms with E-state index in [9.17, 15) is 14.7 Å². The first-order chi connectivity index (χ1) is 18.2. The fourth-order valence-corrected chi connectivity index (χ4v) is 6.23. The number of rotatable bonds is 13. The van der Waals surface area contributed by atoms with Crippen molar-refractivity contribution < 1.29 is 28.9 Å². The van der Waals surface area contributed by atoms with Crippen LogP contribution < -0.4 is 10.5 Å². The lowest BCUT2D eigenvalue weighted by Crippen LogP contribution is -2.47. The topological polar surface area (TPSA) is 115 Å². The molecule has 2 saturated heterocycles. The molecule has 1 aromatic rings. The fraction of sp³-hybridized carbons (Fsp3) is 0.724. The standard InChI is InChI=1S/C29H45N3O6/c1-4-5-11-31(12-6-10-30)25(33)19-32-18-22(20-7-8-24-21(16-20)9-13-36-24)26(27(34)35)23(32)17-29(2,3)28-37-14-15-38-28/h7-8,16,22-23,26,28H,4-6,9-15,17-19,30H2,1-3H3,(H,34,35)/t22-,23+,26-/m1/s1. The molecule has 0 bridgehead atoms. The summed E-state index contributed by atoms with van der Waals surface area (Å²) < 4.78 is 17.4. The summed E-state index contributed by atoms with van der Waals surface area (Å²) in [7, 11) is 0. The lowest BCUT2D eigenvalue weighted by molar-refractivity contribution is -0.148. The molecule has 0 aromatic heterocycles. The van der Waals surface area contributed by atoms with Gasteiger partial charge in [-0.25, -0.2) is 0 Å². The van der Waals surface area contributed by atoms with Gasteiger partial charge in [0.2, 0.25) is 5.91 Å². The molecule has 0 saturated carbocycles. The Bertz CT molecular complexity index is 956. The molecule has 0 radical (unpaired) electrons. The number of hydrogen-bond donors (Lipinski definition) is 2. The van der Waals surface area contributed by atoms with Crippen LogP contribution in [0.2, 0.25) is 0 Å². The maximum Gasteiger partial charge on any atom is 0.308 e. The Hall–Kier alpha value is -2.20. The number of aliphatic carboxylic acids is 1. The van der Waals surface area contributed by atoms with E-state index in [1.54, 1.807) is 0 Å². The molecule has 0 spiro atoms. The Morgan fingerprint density at radius 3 is 2.58 bits per heavy atom. The van der Waals surface area contributed by atoms with E-state index in [2.05, 4.69) is 31.7 Å². The molecule has 38 heavy (non-hydrogen) atoms. The Kier molecular flexibility index (Phi) is 9.68. The predicted molar refractivity (Wildman–Crippen MR) is 144 cm³/mol. The number of unbranched alkanes of at least 4 members (excludes halogenated alkanes) is 1. The molecule has 4 rings (SSSR count). The van der Waals surface area contributed by atoms with E-state index in [1.807, 2.05) is 17.0 Å². The van der Waals surface area contributed by atoms with Crippen LogP contribution in [-0.2, 0) is 25.5 Å². The third kappa shape index (κ3) is 6.50. The van der Waals surface area contributed by atoms with Crippen molar-refractivity contribution in [3.63, 3.8) is 0 Å². The van der Waals surface area contributed by atoms with E-state index in [1.165, 1.54) is 0 Å². The summed E-state index contributed by atoms with van der Waals surface area (Å²) in [6.07, 6.45) is 3.66. The van der Waals surface area contributed by atoms with Crippen molar-refractivity contribution in [2.24, 2.45) is 17.1 Å². The number of carbonyl (C=O) groups excluding carboxylic acids is 1. The van der Waals surface area contributed by atoms with Crippen LogP contribution in [0.4, 0.5) is 0 Å². The minimum Gasteiger partial charge on any atom is -0.493 e. The first-order valence-corrected chi connectivity index (χ1v) is 14.2. The molecule has 3 atom stereocenters. The van der Waals surface area contributed by atoms with Crippen molar-refractivity contribution in [3.8, 4) is 5.75 Å². The highest BCUT2D eigenvalue weighted by Crippen LogP contribution is 2.45. The van der Waals surface area contributed by atoms with Gasteiger partial charge in [-0.05, 0) is 43.0 Å². The monoisotopic (exact) mass is 531 g/mol. The Balaban J connectivity index is 1.62. The van der Waals surface area contributed by atoms with Gasteiger partial charge in [0.05, 0.1) is 32.3 Å². The van der Waals surface area contributed by atoms with Gasteiger partial charge < -0.3 is 30.0 Å². The average Bonchev–Trinajstić information content (AvgIpc) is 3.64. The number of carboxylic acids is 1.